The first-order chi connectivity index (χ1) is 8.00. The molecule has 0 spiro atoms. The van der Waals surface area contributed by atoms with E-state index in [1.165, 1.54) is 12.8 Å². The third kappa shape index (κ3) is 2.77. The lowest BCUT2D eigenvalue weighted by Gasteiger charge is -2.25. The summed E-state index contributed by atoms with van der Waals surface area (Å²) in [7, 11) is -0.915. The second-order valence-corrected chi connectivity index (χ2v) is 10.8. The minimum absolute atomic E-state index is 0.283. The zero-order valence-corrected chi connectivity index (χ0v) is 11.9. The molecule has 1 saturated carbocycles. The predicted molar refractivity (Wildman–Crippen MR) is 76.6 cm³/mol. The molecule has 0 heterocycles. The van der Waals surface area contributed by atoms with Gasteiger partial charge in [0.15, 0.2) is 5.78 Å². The fourth-order valence-electron chi connectivity index (χ4n) is 2.99. The van der Waals surface area contributed by atoms with Crippen molar-refractivity contribution in [3.63, 3.8) is 0 Å². The second-order valence-electron chi connectivity index (χ2n) is 5.95. The van der Waals surface area contributed by atoms with Gasteiger partial charge in [-0.15, -0.1) is 0 Å². The highest BCUT2D eigenvalue weighted by Crippen LogP contribution is 2.60. The average molecular weight is 249 g/mol. The lowest BCUT2D eigenvalue weighted by atomic mass is 9.96. The monoisotopic (exact) mass is 249 g/mol. The number of carbonyl (C=O) groups excluding carboxylic acids is 1. The Morgan fingerprint density at radius 3 is 2.35 bits per heavy atom. The van der Waals surface area contributed by atoms with Gasteiger partial charge in [0.2, 0.25) is 0 Å². The molecule has 0 aromatic heterocycles. The summed E-state index contributed by atoms with van der Waals surface area (Å²) in [6.07, 6.45) is 3.57. The maximum absolute atomic E-state index is 12.5. The largest absolute Gasteiger partial charge is 0.294 e. The van der Waals surface area contributed by atoms with Crippen molar-refractivity contribution in [2.75, 3.05) is 20.0 Å². The van der Waals surface area contributed by atoms with Crippen molar-refractivity contribution in [2.45, 2.75) is 24.9 Å². The number of ketones is 1. The summed E-state index contributed by atoms with van der Waals surface area (Å²) < 4.78 is 0. The standard InChI is InChI=1S/C15H22OP/c1-17(2,3)14-11-7-10-13(14)15(16)12-8-5-4-6-9-12/h4-6,8-9,13-14H,7,10-11H2,1-3H3/q+1. The SMILES string of the molecule is C[P+](C)(C)C1CCCC1C(=O)c1ccccc1. The van der Waals surface area contributed by atoms with Gasteiger partial charge in [-0.2, -0.15) is 0 Å². The molecular weight excluding hydrogens is 227 g/mol. The van der Waals surface area contributed by atoms with E-state index in [1.807, 2.05) is 30.3 Å². The van der Waals surface area contributed by atoms with Gasteiger partial charge < -0.3 is 0 Å². The quantitative estimate of drug-likeness (QED) is 0.585. The Balaban J connectivity index is 2.20. The molecule has 0 N–H and O–H groups in total. The van der Waals surface area contributed by atoms with Crippen molar-refractivity contribution in [3.05, 3.63) is 35.9 Å². The molecule has 2 heteroatoms. The van der Waals surface area contributed by atoms with E-state index in [0.717, 1.165) is 12.0 Å². The van der Waals surface area contributed by atoms with Crippen LogP contribution < -0.4 is 0 Å². The Bertz CT molecular complexity index is 391. The summed E-state index contributed by atoms with van der Waals surface area (Å²) >= 11 is 0. The van der Waals surface area contributed by atoms with Gasteiger partial charge in [0, 0.05) is 32.8 Å². The highest BCUT2D eigenvalue weighted by atomic mass is 31.2. The Labute approximate surface area is 105 Å². The van der Waals surface area contributed by atoms with Crippen LogP contribution in [0.25, 0.3) is 0 Å². The number of hydrogen-bond donors (Lipinski definition) is 0. The van der Waals surface area contributed by atoms with Crippen LogP contribution in [0, 0.1) is 5.92 Å². The molecule has 1 fully saturated rings. The van der Waals surface area contributed by atoms with Crippen molar-refractivity contribution in [3.8, 4) is 0 Å². The van der Waals surface area contributed by atoms with Gasteiger partial charge in [-0.1, -0.05) is 30.3 Å². The summed E-state index contributed by atoms with van der Waals surface area (Å²) in [5.41, 5.74) is 1.55. The highest BCUT2D eigenvalue weighted by Gasteiger charge is 2.44. The molecule has 0 aliphatic heterocycles. The first kappa shape index (κ1) is 12.8. The third-order valence-electron chi connectivity index (χ3n) is 3.87. The maximum Gasteiger partial charge on any atom is 0.169 e. The minimum Gasteiger partial charge on any atom is -0.294 e. The van der Waals surface area contributed by atoms with Crippen LogP contribution in [0.2, 0.25) is 0 Å². The van der Waals surface area contributed by atoms with Crippen LogP contribution in [-0.4, -0.2) is 31.4 Å². The van der Waals surface area contributed by atoms with Crippen LogP contribution in [0.15, 0.2) is 30.3 Å². The van der Waals surface area contributed by atoms with Gasteiger partial charge in [-0.05, 0) is 19.3 Å². The predicted octanol–water partition coefficient (Wildman–Crippen LogP) is 3.95. The third-order valence-corrected chi connectivity index (χ3v) is 6.48. The average Bonchev–Trinajstić information content (AvgIpc) is 2.78. The molecule has 2 unspecified atom stereocenters. The van der Waals surface area contributed by atoms with Crippen molar-refractivity contribution >= 4 is 13.0 Å². The molecular formula is C15H22OP+. The Morgan fingerprint density at radius 2 is 1.76 bits per heavy atom. The Hall–Kier alpha value is -0.680. The van der Waals surface area contributed by atoms with Crippen LogP contribution >= 0.6 is 7.26 Å². The maximum atomic E-state index is 12.5. The molecule has 0 amide bonds. The fraction of sp³-hybridized carbons (Fsp3) is 0.533. The van der Waals surface area contributed by atoms with Gasteiger partial charge in [0.05, 0.1) is 11.6 Å². The van der Waals surface area contributed by atoms with E-state index in [4.69, 9.17) is 0 Å². The van der Waals surface area contributed by atoms with Crippen molar-refractivity contribution in [1.82, 2.24) is 0 Å². The first-order valence-electron chi connectivity index (χ1n) is 6.40. The van der Waals surface area contributed by atoms with E-state index < -0.39 is 7.26 Å². The highest BCUT2D eigenvalue weighted by molar-refractivity contribution is 7.74. The summed E-state index contributed by atoms with van der Waals surface area (Å²) in [5, 5.41) is 0. The van der Waals surface area contributed by atoms with Crippen LogP contribution in [0.3, 0.4) is 0 Å². The molecule has 1 aliphatic rings. The summed E-state index contributed by atoms with van der Waals surface area (Å²) in [5.74, 6) is 0.661. The van der Waals surface area contributed by atoms with Crippen molar-refractivity contribution in [1.29, 1.82) is 0 Å². The van der Waals surface area contributed by atoms with Crippen molar-refractivity contribution < 1.29 is 4.79 Å². The second kappa shape index (κ2) is 4.90. The molecule has 0 bridgehead atoms. The van der Waals surface area contributed by atoms with E-state index in [2.05, 4.69) is 20.0 Å². The minimum atomic E-state index is -0.915. The van der Waals surface area contributed by atoms with E-state index in [1.54, 1.807) is 0 Å². The summed E-state index contributed by atoms with van der Waals surface area (Å²) in [6, 6.07) is 9.81. The van der Waals surface area contributed by atoms with Gasteiger partial charge >= 0.3 is 0 Å². The lowest BCUT2D eigenvalue weighted by molar-refractivity contribution is 0.0924. The summed E-state index contributed by atoms with van der Waals surface area (Å²) in [4.78, 5) is 12.5. The van der Waals surface area contributed by atoms with E-state index >= 15 is 0 Å². The number of carbonyl (C=O) groups is 1. The number of rotatable bonds is 3. The van der Waals surface area contributed by atoms with Crippen LogP contribution in [0.4, 0.5) is 0 Å². The number of Topliss-reactive ketones (excluding diaryl/α,β-unsaturated/α-hetero) is 1. The smallest absolute Gasteiger partial charge is 0.169 e. The fourth-order valence-corrected chi connectivity index (χ4v) is 5.31. The topological polar surface area (TPSA) is 17.1 Å². The molecule has 92 valence electrons. The molecule has 0 saturated heterocycles. The van der Waals surface area contributed by atoms with Crippen LogP contribution in [-0.2, 0) is 0 Å². The molecule has 1 aromatic rings. The van der Waals surface area contributed by atoms with E-state index in [0.29, 0.717) is 11.4 Å². The van der Waals surface area contributed by atoms with E-state index in [-0.39, 0.29) is 5.92 Å². The first-order valence-corrected chi connectivity index (χ1v) is 9.60. The van der Waals surface area contributed by atoms with Crippen LogP contribution in [0.1, 0.15) is 29.6 Å². The number of benzene rings is 1. The van der Waals surface area contributed by atoms with Gasteiger partial charge in [0.25, 0.3) is 0 Å². The zero-order valence-electron chi connectivity index (χ0n) is 11.0. The van der Waals surface area contributed by atoms with Crippen molar-refractivity contribution in [2.24, 2.45) is 5.92 Å². The molecule has 2 atom stereocenters. The summed E-state index contributed by atoms with van der Waals surface area (Å²) in [6.45, 7) is 7.11. The van der Waals surface area contributed by atoms with Gasteiger partial charge in [-0.25, -0.2) is 0 Å². The molecule has 2 rings (SSSR count). The van der Waals surface area contributed by atoms with Gasteiger partial charge in [-0.3, -0.25) is 4.79 Å². The normalized spacial score (nSPS) is 24.9. The zero-order chi connectivity index (χ0) is 12.5. The van der Waals surface area contributed by atoms with Crippen LogP contribution in [0.5, 0.6) is 0 Å². The molecule has 1 nitrogen and oxygen atoms in total. The molecule has 0 radical (unpaired) electrons. The Kier molecular flexibility index (Phi) is 3.68. The number of hydrogen-bond acceptors (Lipinski definition) is 1. The Morgan fingerprint density at radius 1 is 1.12 bits per heavy atom. The molecule has 17 heavy (non-hydrogen) atoms. The van der Waals surface area contributed by atoms with Gasteiger partial charge in [0.1, 0.15) is 0 Å². The van der Waals surface area contributed by atoms with E-state index in [9.17, 15) is 4.79 Å². The molecule has 1 aliphatic carbocycles. The lowest BCUT2D eigenvalue weighted by Crippen LogP contribution is -2.25. The molecule has 1 aromatic carbocycles.